The molecule has 3 heterocycles. The largest absolute Gasteiger partial charge is 0.420 e. The maximum absolute atomic E-state index is 13.6. The minimum Gasteiger partial charge on any atom is -0.323 e. The van der Waals surface area contributed by atoms with Crippen molar-refractivity contribution in [2.75, 3.05) is 18.1 Å². The van der Waals surface area contributed by atoms with E-state index in [9.17, 15) is 21.6 Å². The van der Waals surface area contributed by atoms with Gasteiger partial charge in [-0.15, -0.1) is 11.3 Å². The van der Waals surface area contributed by atoms with E-state index in [1.807, 2.05) is 6.07 Å². The summed E-state index contributed by atoms with van der Waals surface area (Å²) in [6, 6.07) is 4.69. The highest BCUT2D eigenvalue weighted by Crippen LogP contribution is 2.42. The molecule has 0 spiro atoms. The molecule has 0 fully saturated rings. The van der Waals surface area contributed by atoms with Crippen molar-refractivity contribution in [1.29, 1.82) is 0 Å². The van der Waals surface area contributed by atoms with Crippen molar-refractivity contribution in [2.45, 2.75) is 24.0 Å². The number of anilines is 2. The Morgan fingerprint density at radius 1 is 1.19 bits per heavy atom. The molecule has 0 unspecified atom stereocenters. The van der Waals surface area contributed by atoms with E-state index in [2.05, 4.69) is 20.6 Å². The van der Waals surface area contributed by atoms with Gasteiger partial charge < -0.3 is 10.6 Å². The van der Waals surface area contributed by atoms with Gasteiger partial charge in [0.1, 0.15) is 9.90 Å². The maximum Gasteiger partial charge on any atom is 0.420 e. The van der Waals surface area contributed by atoms with Gasteiger partial charge in [0.25, 0.3) is 0 Å². The van der Waals surface area contributed by atoms with Gasteiger partial charge in [-0.1, -0.05) is 23.2 Å². The van der Waals surface area contributed by atoms with Crippen LogP contribution < -0.4 is 10.6 Å². The van der Waals surface area contributed by atoms with E-state index in [0.29, 0.717) is 34.8 Å². The Balaban J connectivity index is 1.78. The molecule has 1 aliphatic rings. The zero-order chi connectivity index (χ0) is 23.3. The van der Waals surface area contributed by atoms with Crippen LogP contribution in [0.15, 0.2) is 29.3 Å². The maximum atomic E-state index is 13.6. The number of sulfone groups is 1. The standard InChI is InChI=1S/C19H15Cl2F3N4O2S2/c1-32(29,30)15-6-14(31-17(15)21)16-11(19(22,23)24)8-26-18(28-16)27-13-5-9-2-3-25-7-10(9)4-12(13)20/h4-6,8,25H,2-3,7H2,1H3,(H,26,27,28). The van der Waals surface area contributed by atoms with E-state index in [-0.39, 0.29) is 20.1 Å². The highest BCUT2D eigenvalue weighted by Gasteiger charge is 2.36. The highest BCUT2D eigenvalue weighted by atomic mass is 35.5. The molecule has 0 saturated heterocycles. The van der Waals surface area contributed by atoms with Crippen molar-refractivity contribution in [3.05, 3.63) is 50.4 Å². The molecule has 2 N–H and O–H groups in total. The van der Waals surface area contributed by atoms with Crippen LogP contribution >= 0.6 is 34.5 Å². The molecular formula is C19H15Cl2F3N4O2S2. The van der Waals surface area contributed by atoms with Crippen molar-refractivity contribution < 1.29 is 21.6 Å². The molecule has 0 aliphatic carbocycles. The quantitative estimate of drug-likeness (QED) is 0.482. The molecule has 3 aromatic rings. The molecule has 0 amide bonds. The summed E-state index contributed by atoms with van der Waals surface area (Å²) in [5, 5.41) is 6.48. The lowest BCUT2D eigenvalue weighted by Crippen LogP contribution is -2.23. The fraction of sp³-hybridized carbons (Fsp3) is 0.263. The minimum atomic E-state index is -4.76. The number of alkyl halides is 3. The number of nitrogens with one attached hydrogen (secondary N) is 2. The number of hydrogen-bond donors (Lipinski definition) is 2. The van der Waals surface area contributed by atoms with Gasteiger partial charge in [0.2, 0.25) is 5.95 Å². The number of nitrogens with zero attached hydrogens (tertiary/aromatic N) is 2. The first-order valence-electron chi connectivity index (χ1n) is 9.16. The van der Waals surface area contributed by atoms with Crippen LogP contribution in [0, 0.1) is 0 Å². The van der Waals surface area contributed by atoms with Crippen LogP contribution in [-0.2, 0) is 29.0 Å². The van der Waals surface area contributed by atoms with Crippen molar-refractivity contribution in [1.82, 2.24) is 15.3 Å². The van der Waals surface area contributed by atoms with Crippen molar-refractivity contribution >= 4 is 56.0 Å². The fourth-order valence-corrected chi connectivity index (χ4v) is 6.29. The van der Waals surface area contributed by atoms with Crippen LogP contribution in [0.3, 0.4) is 0 Å². The topological polar surface area (TPSA) is 84.0 Å². The molecular weight excluding hydrogens is 508 g/mol. The van der Waals surface area contributed by atoms with Crippen molar-refractivity contribution in [3.8, 4) is 10.6 Å². The summed E-state index contributed by atoms with van der Waals surface area (Å²) in [6.45, 7) is 1.48. The molecule has 4 rings (SSSR count). The average Bonchev–Trinajstić information content (AvgIpc) is 3.10. The molecule has 0 saturated carbocycles. The lowest BCUT2D eigenvalue weighted by atomic mass is 10.0. The summed E-state index contributed by atoms with van der Waals surface area (Å²) < 4.78 is 64.5. The number of hydrogen-bond acceptors (Lipinski definition) is 7. The van der Waals surface area contributed by atoms with E-state index >= 15 is 0 Å². The molecule has 6 nitrogen and oxygen atoms in total. The number of thiophene rings is 1. The van der Waals surface area contributed by atoms with Crippen LogP contribution in [-0.4, -0.2) is 31.2 Å². The van der Waals surface area contributed by atoms with Crippen LogP contribution in [0.4, 0.5) is 24.8 Å². The number of rotatable bonds is 4. The van der Waals surface area contributed by atoms with Gasteiger partial charge in [-0.25, -0.2) is 18.4 Å². The second kappa shape index (κ2) is 8.45. The summed E-state index contributed by atoms with van der Waals surface area (Å²) >= 11 is 13.0. The third-order valence-corrected chi connectivity index (χ3v) is 7.85. The molecule has 1 aliphatic heterocycles. The van der Waals surface area contributed by atoms with Crippen LogP contribution in [0.25, 0.3) is 10.6 Å². The summed E-state index contributed by atoms with van der Waals surface area (Å²) in [5.41, 5.74) is 0.978. The van der Waals surface area contributed by atoms with E-state index in [0.717, 1.165) is 36.4 Å². The normalized spacial score (nSPS) is 14.3. The third-order valence-electron chi connectivity index (χ3n) is 4.80. The monoisotopic (exact) mass is 522 g/mol. The molecule has 0 bridgehead atoms. The predicted octanol–water partition coefficient (Wildman–Crippen LogP) is 5.32. The Hall–Kier alpha value is -1.92. The first-order chi connectivity index (χ1) is 14.9. The molecule has 2 aromatic heterocycles. The minimum absolute atomic E-state index is 0.0455. The molecule has 0 radical (unpaired) electrons. The van der Waals surface area contributed by atoms with Gasteiger partial charge in [0.05, 0.1) is 26.2 Å². The zero-order valence-electron chi connectivity index (χ0n) is 16.3. The number of aromatic nitrogens is 2. The van der Waals surface area contributed by atoms with Crippen molar-refractivity contribution in [2.24, 2.45) is 0 Å². The lowest BCUT2D eigenvalue weighted by molar-refractivity contribution is -0.137. The predicted molar refractivity (Wildman–Crippen MR) is 119 cm³/mol. The van der Waals surface area contributed by atoms with Crippen molar-refractivity contribution in [3.63, 3.8) is 0 Å². The summed E-state index contributed by atoms with van der Waals surface area (Å²) in [7, 11) is -3.73. The molecule has 170 valence electrons. The highest BCUT2D eigenvalue weighted by molar-refractivity contribution is 7.91. The SMILES string of the molecule is CS(=O)(=O)c1cc(-c2nc(Nc3cc4c(cc3Cl)CNCC4)ncc2C(F)(F)F)sc1Cl. The molecule has 0 atom stereocenters. The summed E-state index contributed by atoms with van der Waals surface area (Å²) in [5.74, 6) is -0.116. The van der Waals surface area contributed by atoms with E-state index in [1.54, 1.807) is 6.07 Å². The Morgan fingerprint density at radius 3 is 2.59 bits per heavy atom. The number of halogens is 5. The van der Waals surface area contributed by atoms with Gasteiger partial charge in [-0.3, -0.25) is 0 Å². The van der Waals surface area contributed by atoms with Gasteiger partial charge in [-0.2, -0.15) is 13.2 Å². The second-order valence-corrected chi connectivity index (χ2v) is 11.2. The van der Waals surface area contributed by atoms with Gasteiger partial charge in [0, 0.05) is 19.0 Å². The summed E-state index contributed by atoms with van der Waals surface area (Å²) in [6.07, 6.45) is -2.40. The smallest absolute Gasteiger partial charge is 0.323 e. The first kappa shape index (κ1) is 23.2. The third kappa shape index (κ3) is 4.72. The number of benzene rings is 1. The summed E-state index contributed by atoms with van der Waals surface area (Å²) in [4.78, 5) is 7.53. The van der Waals surface area contributed by atoms with Gasteiger partial charge >= 0.3 is 6.18 Å². The first-order valence-corrected chi connectivity index (χ1v) is 12.6. The Labute approximate surface area is 195 Å². The molecule has 13 heteroatoms. The Bertz CT molecular complexity index is 1310. The fourth-order valence-electron chi connectivity index (χ4n) is 3.28. The van der Waals surface area contributed by atoms with E-state index in [1.165, 1.54) is 0 Å². The average molecular weight is 523 g/mol. The van der Waals surface area contributed by atoms with Gasteiger partial charge in [-0.05, 0) is 42.3 Å². The van der Waals surface area contributed by atoms with E-state index in [4.69, 9.17) is 23.2 Å². The Kier molecular flexibility index (Phi) is 6.14. The van der Waals surface area contributed by atoms with Crippen LogP contribution in [0.1, 0.15) is 16.7 Å². The second-order valence-electron chi connectivity index (χ2n) is 7.13. The molecule has 1 aromatic carbocycles. The van der Waals surface area contributed by atoms with E-state index < -0.39 is 27.3 Å². The Morgan fingerprint density at radius 2 is 1.94 bits per heavy atom. The van der Waals surface area contributed by atoms with Gasteiger partial charge in [0.15, 0.2) is 9.84 Å². The lowest BCUT2D eigenvalue weighted by Gasteiger charge is -2.19. The molecule has 32 heavy (non-hydrogen) atoms. The number of fused-ring (bicyclic) bond motifs is 1. The zero-order valence-corrected chi connectivity index (χ0v) is 19.5. The van der Waals surface area contributed by atoms with Crippen LogP contribution in [0.2, 0.25) is 9.36 Å². The van der Waals surface area contributed by atoms with Crippen LogP contribution in [0.5, 0.6) is 0 Å².